The van der Waals surface area contributed by atoms with Gasteiger partial charge in [-0.1, -0.05) is 19.1 Å². The predicted octanol–water partition coefficient (Wildman–Crippen LogP) is 0.450. The molecule has 138 valence electrons. The van der Waals surface area contributed by atoms with Crippen LogP contribution in [0.15, 0.2) is 24.3 Å². The molecule has 0 radical (unpaired) electrons. The number of nitrogens with zero attached hydrogens (tertiary/aromatic N) is 1. The van der Waals surface area contributed by atoms with Gasteiger partial charge in [-0.15, -0.1) is 0 Å². The molecule has 0 aliphatic carbocycles. The molecule has 1 aromatic rings. The average Bonchev–Trinajstić information content (AvgIpc) is 2.88. The maximum Gasteiger partial charge on any atom is 0.329 e. The topological polar surface area (TPSA) is 122 Å². The second kappa shape index (κ2) is 8.24. The van der Waals surface area contributed by atoms with Crippen molar-refractivity contribution in [2.24, 2.45) is 0 Å². The van der Waals surface area contributed by atoms with Crippen molar-refractivity contribution >= 4 is 29.7 Å². The molecular formula is C17H19N3O6. The van der Waals surface area contributed by atoms with E-state index in [2.05, 4.69) is 5.32 Å². The highest BCUT2D eigenvalue weighted by Crippen LogP contribution is 2.24. The SMILES string of the molecule is CCCNC(=O)NC(=O)COC(=O)[C@@H](C)N1C(=O)c2ccccc2C1=O. The van der Waals surface area contributed by atoms with Gasteiger partial charge in [-0.25, -0.2) is 9.59 Å². The Balaban J connectivity index is 1.90. The first-order chi connectivity index (χ1) is 12.4. The summed E-state index contributed by atoms with van der Waals surface area (Å²) < 4.78 is 4.80. The predicted molar refractivity (Wildman–Crippen MR) is 89.2 cm³/mol. The third-order valence-electron chi connectivity index (χ3n) is 3.69. The second-order valence-electron chi connectivity index (χ2n) is 5.61. The van der Waals surface area contributed by atoms with Crippen molar-refractivity contribution in [1.29, 1.82) is 0 Å². The summed E-state index contributed by atoms with van der Waals surface area (Å²) in [6, 6.07) is 4.33. The minimum Gasteiger partial charge on any atom is -0.454 e. The number of amides is 5. The zero-order chi connectivity index (χ0) is 19.3. The number of imide groups is 2. The number of urea groups is 1. The molecule has 26 heavy (non-hydrogen) atoms. The fourth-order valence-corrected chi connectivity index (χ4v) is 2.37. The number of rotatable bonds is 6. The van der Waals surface area contributed by atoms with Crippen LogP contribution in [0.1, 0.15) is 41.0 Å². The largest absolute Gasteiger partial charge is 0.454 e. The molecule has 0 bridgehead atoms. The summed E-state index contributed by atoms with van der Waals surface area (Å²) in [7, 11) is 0. The van der Waals surface area contributed by atoms with Crippen LogP contribution >= 0.6 is 0 Å². The van der Waals surface area contributed by atoms with Gasteiger partial charge in [-0.05, 0) is 25.5 Å². The molecule has 0 fully saturated rings. The number of carbonyl (C=O) groups excluding carboxylic acids is 5. The van der Waals surface area contributed by atoms with Crippen LogP contribution in [-0.4, -0.2) is 53.8 Å². The molecule has 9 nitrogen and oxygen atoms in total. The molecule has 0 saturated heterocycles. The van der Waals surface area contributed by atoms with E-state index in [0.717, 1.165) is 4.90 Å². The molecule has 1 aliphatic heterocycles. The van der Waals surface area contributed by atoms with Gasteiger partial charge < -0.3 is 10.1 Å². The lowest BCUT2D eigenvalue weighted by molar-refractivity contribution is -0.151. The number of hydrogen-bond acceptors (Lipinski definition) is 6. The van der Waals surface area contributed by atoms with Gasteiger partial charge in [0, 0.05) is 6.54 Å². The van der Waals surface area contributed by atoms with Gasteiger partial charge in [0.1, 0.15) is 6.04 Å². The number of nitrogens with one attached hydrogen (secondary N) is 2. The summed E-state index contributed by atoms with van der Waals surface area (Å²) in [5, 5.41) is 4.43. The van der Waals surface area contributed by atoms with E-state index in [4.69, 9.17) is 4.74 Å². The zero-order valence-electron chi connectivity index (χ0n) is 14.4. The number of esters is 1. The molecule has 2 rings (SSSR count). The Morgan fingerprint density at radius 3 is 2.23 bits per heavy atom. The highest BCUT2D eigenvalue weighted by atomic mass is 16.5. The number of hydrogen-bond donors (Lipinski definition) is 2. The van der Waals surface area contributed by atoms with Crippen LogP contribution in [0.2, 0.25) is 0 Å². The van der Waals surface area contributed by atoms with Gasteiger partial charge in [0.25, 0.3) is 17.7 Å². The molecule has 5 amide bonds. The summed E-state index contributed by atoms with van der Waals surface area (Å²) in [5.41, 5.74) is 0.421. The molecular weight excluding hydrogens is 342 g/mol. The van der Waals surface area contributed by atoms with Crippen LogP contribution in [0, 0.1) is 0 Å². The first kappa shape index (κ1) is 19.1. The van der Waals surface area contributed by atoms with E-state index in [9.17, 15) is 24.0 Å². The molecule has 0 unspecified atom stereocenters. The van der Waals surface area contributed by atoms with Gasteiger partial charge in [0.05, 0.1) is 11.1 Å². The van der Waals surface area contributed by atoms with Crippen LogP contribution in [0.4, 0.5) is 4.79 Å². The summed E-state index contributed by atoms with van der Waals surface area (Å²) in [5.74, 6) is -2.94. The number of fused-ring (bicyclic) bond motifs is 1. The van der Waals surface area contributed by atoms with Crippen LogP contribution in [0.5, 0.6) is 0 Å². The fourth-order valence-electron chi connectivity index (χ4n) is 2.37. The van der Waals surface area contributed by atoms with Gasteiger partial charge in [0.15, 0.2) is 6.61 Å². The fraction of sp³-hybridized carbons (Fsp3) is 0.353. The Bertz CT molecular complexity index is 726. The first-order valence-electron chi connectivity index (χ1n) is 8.08. The van der Waals surface area contributed by atoms with Gasteiger partial charge in [0.2, 0.25) is 0 Å². The lowest BCUT2D eigenvalue weighted by atomic mass is 10.1. The third kappa shape index (κ3) is 4.05. The Morgan fingerprint density at radius 2 is 1.69 bits per heavy atom. The molecule has 1 atom stereocenters. The maximum absolute atomic E-state index is 12.3. The van der Waals surface area contributed by atoms with Crippen molar-refractivity contribution in [3.8, 4) is 0 Å². The van der Waals surface area contributed by atoms with Gasteiger partial charge in [-0.2, -0.15) is 0 Å². The average molecular weight is 361 g/mol. The maximum atomic E-state index is 12.3. The Morgan fingerprint density at radius 1 is 1.12 bits per heavy atom. The minimum absolute atomic E-state index is 0.211. The molecule has 9 heteroatoms. The number of ether oxygens (including phenoxy) is 1. The van der Waals surface area contributed by atoms with E-state index in [1.54, 1.807) is 12.1 Å². The monoisotopic (exact) mass is 361 g/mol. The van der Waals surface area contributed by atoms with Crippen molar-refractivity contribution in [3.63, 3.8) is 0 Å². The van der Waals surface area contributed by atoms with E-state index >= 15 is 0 Å². The molecule has 0 aromatic heterocycles. The molecule has 0 spiro atoms. The molecule has 2 N–H and O–H groups in total. The van der Waals surface area contributed by atoms with Crippen molar-refractivity contribution < 1.29 is 28.7 Å². The van der Waals surface area contributed by atoms with Crippen molar-refractivity contribution in [2.75, 3.05) is 13.2 Å². The highest BCUT2D eigenvalue weighted by Gasteiger charge is 2.41. The summed E-state index contributed by atoms with van der Waals surface area (Å²) >= 11 is 0. The summed E-state index contributed by atoms with van der Waals surface area (Å²) in [6.07, 6.45) is 0.703. The van der Waals surface area contributed by atoms with E-state index in [1.165, 1.54) is 19.1 Å². The van der Waals surface area contributed by atoms with E-state index in [0.29, 0.717) is 13.0 Å². The lowest BCUT2D eigenvalue weighted by Crippen LogP contribution is -2.45. The summed E-state index contributed by atoms with van der Waals surface area (Å²) in [4.78, 5) is 60.4. The summed E-state index contributed by atoms with van der Waals surface area (Å²) in [6.45, 7) is 2.88. The van der Waals surface area contributed by atoms with Crippen LogP contribution in [0.3, 0.4) is 0 Å². The molecule has 0 saturated carbocycles. The quantitative estimate of drug-likeness (QED) is 0.560. The highest BCUT2D eigenvalue weighted by molar-refractivity contribution is 6.22. The number of carbonyl (C=O) groups is 5. The lowest BCUT2D eigenvalue weighted by Gasteiger charge is -2.20. The van der Waals surface area contributed by atoms with E-state index < -0.39 is 42.4 Å². The Labute approximate surface area is 149 Å². The van der Waals surface area contributed by atoms with Crippen molar-refractivity contribution in [2.45, 2.75) is 26.3 Å². The van der Waals surface area contributed by atoms with Crippen molar-refractivity contribution in [1.82, 2.24) is 15.5 Å². The molecule has 1 aliphatic rings. The van der Waals surface area contributed by atoms with Crippen LogP contribution in [0.25, 0.3) is 0 Å². The Hall–Kier alpha value is -3.23. The first-order valence-corrected chi connectivity index (χ1v) is 8.08. The standard InChI is InChI=1S/C17H19N3O6/c1-3-8-18-17(25)19-13(21)9-26-16(24)10(2)20-14(22)11-6-4-5-7-12(11)15(20)23/h4-7,10H,3,8-9H2,1-2H3,(H2,18,19,21,25)/t10-/m1/s1. The van der Waals surface area contributed by atoms with Crippen LogP contribution in [-0.2, 0) is 14.3 Å². The van der Waals surface area contributed by atoms with Gasteiger partial charge in [-0.3, -0.25) is 24.6 Å². The Kier molecular flexibility index (Phi) is 6.05. The molecule has 1 heterocycles. The van der Waals surface area contributed by atoms with E-state index in [-0.39, 0.29) is 11.1 Å². The smallest absolute Gasteiger partial charge is 0.329 e. The van der Waals surface area contributed by atoms with Crippen molar-refractivity contribution in [3.05, 3.63) is 35.4 Å². The number of benzene rings is 1. The molecule has 1 aromatic carbocycles. The van der Waals surface area contributed by atoms with Crippen LogP contribution < -0.4 is 10.6 Å². The zero-order valence-corrected chi connectivity index (χ0v) is 14.4. The van der Waals surface area contributed by atoms with E-state index in [1.807, 2.05) is 12.2 Å². The normalized spacial score (nSPS) is 13.8. The van der Waals surface area contributed by atoms with Gasteiger partial charge >= 0.3 is 12.0 Å². The minimum atomic E-state index is -1.20. The second-order valence-corrected chi connectivity index (χ2v) is 5.61. The third-order valence-corrected chi connectivity index (χ3v) is 3.69.